The molecule has 142 valence electrons. The smallest absolute Gasteiger partial charge is 0.339 e. The Labute approximate surface area is 163 Å². The van der Waals surface area contributed by atoms with Crippen LogP contribution < -0.4 is 10.9 Å². The molecule has 27 heavy (non-hydrogen) atoms. The van der Waals surface area contributed by atoms with Crippen LogP contribution >= 0.6 is 11.6 Å². The van der Waals surface area contributed by atoms with E-state index in [1.165, 1.54) is 30.3 Å². The Morgan fingerprint density at radius 2 is 1.70 bits per heavy atom. The minimum atomic E-state index is -1.34. The van der Waals surface area contributed by atoms with Gasteiger partial charge in [-0.1, -0.05) is 30.7 Å². The van der Waals surface area contributed by atoms with Crippen molar-refractivity contribution in [2.24, 2.45) is 0 Å². The van der Waals surface area contributed by atoms with E-state index < -0.39 is 35.2 Å². The number of nitrogens with one attached hydrogen (secondary N) is 2. The van der Waals surface area contributed by atoms with Crippen LogP contribution in [0.25, 0.3) is 0 Å². The fraction of sp³-hybridized carbons (Fsp3) is 0.167. The summed E-state index contributed by atoms with van der Waals surface area (Å²) in [5, 5.41) is 0.479. The second kappa shape index (κ2) is 9.84. The first-order valence-corrected chi connectivity index (χ1v) is 9.61. The molecule has 9 heteroatoms. The molecule has 0 aliphatic carbocycles. The van der Waals surface area contributed by atoms with Gasteiger partial charge in [-0.05, 0) is 36.4 Å². The molecular formula is C18H17ClN2O5S. The van der Waals surface area contributed by atoms with Crippen molar-refractivity contribution in [2.45, 2.75) is 11.8 Å². The predicted octanol–water partition coefficient (Wildman–Crippen LogP) is 2.09. The molecule has 2 aromatic carbocycles. The lowest BCUT2D eigenvalue weighted by Gasteiger charge is -2.10. The summed E-state index contributed by atoms with van der Waals surface area (Å²) >= 11 is 5.74. The highest BCUT2D eigenvalue weighted by molar-refractivity contribution is 7.85. The van der Waals surface area contributed by atoms with Crippen molar-refractivity contribution in [1.82, 2.24) is 10.9 Å². The monoisotopic (exact) mass is 408 g/mol. The summed E-state index contributed by atoms with van der Waals surface area (Å²) in [6.07, 6.45) is 0. The van der Waals surface area contributed by atoms with Crippen molar-refractivity contribution in [2.75, 3.05) is 12.4 Å². The Balaban J connectivity index is 1.87. The first-order chi connectivity index (χ1) is 12.9. The summed E-state index contributed by atoms with van der Waals surface area (Å²) in [6.45, 7) is 1.13. The largest absolute Gasteiger partial charge is 0.452 e. The molecule has 2 aromatic rings. The molecular weight excluding hydrogens is 392 g/mol. The fourth-order valence-corrected chi connectivity index (χ4v) is 3.10. The van der Waals surface area contributed by atoms with Crippen molar-refractivity contribution >= 4 is 40.2 Å². The average molecular weight is 409 g/mol. The number of hydrogen-bond acceptors (Lipinski definition) is 5. The van der Waals surface area contributed by atoms with Gasteiger partial charge >= 0.3 is 5.97 Å². The molecule has 0 unspecified atom stereocenters. The molecule has 0 aliphatic rings. The fourth-order valence-electron chi connectivity index (χ4n) is 2.03. The lowest BCUT2D eigenvalue weighted by atomic mass is 10.2. The zero-order valence-electron chi connectivity index (χ0n) is 14.4. The molecule has 2 rings (SSSR count). The van der Waals surface area contributed by atoms with Gasteiger partial charge < -0.3 is 4.74 Å². The maximum absolute atomic E-state index is 12.1. The van der Waals surface area contributed by atoms with Crippen LogP contribution in [0.15, 0.2) is 53.4 Å². The normalized spacial score (nSPS) is 11.3. The average Bonchev–Trinajstić information content (AvgIpc) is 2.70. The molecule has 0 heterocycles. The summed E-state index contributed by atoms with van der Waals surface area (Å²) < 4.78 is 16.9. The van der Waals surface area contributed by atoms with Gasteiger partial charge in [0.15, 0.2) is 6.61 Å². The van der Waals surface area contributed by atoms with E-state index in [9.17, 15) is 18.6 Å². The number of amides is 2. The molecule has 0 bridgehead atoms. The van der Waals surface area contributed by atoms with Crippen molar-refractivity contribution in [3.63, 3.8) is 0 Å². The van der Waals surface area contributed by atoms with E-state index in [4.69, 9.17) is 16.3 Å². The van der Waals surface area contributed by atoms with E-state index in [0.717, 1.165) is 0 Å². The quantitative estimate of drug-likeness (QED) is 0.563. The highest BCUT2D eigenvalue weighted by Crippen LogP contribution is 2.15. The van der Waals surface area contributed by atoms with Gasteiger partial charge in [-0.25, -0.2) is 4.79 Å². The summed E-state index contributed by atoms with van der Waals surface area (Å²) in [7, 11) is -1.34. The van der Waals surface area contributed by atoms with Crippen LogP contribution in [-0.4, -0.2) is 34.4 Å². The zero-order valence-corrected chi connectivity index (χ0v) is 15.9. The van der Waals surface area contributed by atoms with Gasteiger partial charge in [0.1, 0.15) is 0 Å². The topological polar surface area (TPSA) is 102 Å². The molecule has 0 spiro atoms. The molecule has 0 saturated heterocycles. The first kappa shape index (κ1) is 20.6. The Bertz CT molecular complexity index is 870. The second-order valence-corrected chi connectivity index (χ2v) is 7.36. The van der Waals surface area contributed by atoms with E-state index in [0.29, 0.717) is 21.2 Å². The molecule has 0 radical (unpaired) electrons. The van der Waals surface area contributed by atoms with E-state index in [-0.39, 0.29) is 5.56 Å². The van der Waals surface area contributed by atoms with Crippen molar-refractivity contribution in [3.8, 4) is 0 Å². The number of hydrogen-bond donors (Lipinski definition) is 2. The van der Waals surface area contributed by atoms with E-state index in [1.807, 2.05) is 0 Å². The van der Waals surface area contributed by atoms with Crippen LogP contribution in [0.2, 0.25) is 5.02 Å². The number of hydrazine groups is 1. The third-order valence-corrected chi connectivity index (χ3v) is 4.99. The lowest BCUT2D eigenvalue weighted by Crippen LogP contribution is -2.43. The number of benzene rings is 2. The second-order valence-electron chi connectivity index (χ2n) is 5.22. The van der Waals surface area contributed by atoms with E-state index >= 15 is 0 Å². The molecule has 0 aliphatic heterocycles. The molecule has 0 fully saturated rings. The van der Waals surface area contributed by atoms with Gasteiger partial charge in [0.25, 0.3) is 11.8 Å². The minimum Gasteiger partial charge on any atom is -0.452 e. The van der Waals surface area contributed by atoms with Crippen molar-refractivity contribution < 1.29 is 23.3 Å². The maximum Gasteiger partial charge on any atom is 0.339 e. The Morgan fingerprint density at radius 3 is 2.37 bits per heavy atom. The molecule has 0 saturated carbocycles. The van der Waals surface area contributed by atoms with Gasteiger partial charge in [-0.15, -0.1) is 0 Å². The number of carbonyl (C=O) groups is 3. The maximum atomic E-state index is 12.1. The summed E-state index contributed by atoms with van der Waals surface area (Å²) in [6, 6.07) is 12.4. The van der Waals surface area contributed by atoms with Gasteiger partial charge in [0.05, 0.1) is 21.3 Å². The first-order valence-electron chi connectivity index (χ1n) is 7.91. The zero-order chi connectivity index (χ0) is 19.8. The van der Waals surface area contributed by atoms with Crippen LogP contribution in [-0.2, 0) is 20.3 Å². The molecule has 0 aromatic heterocycles. The highest BCUT2D eigenvalue weighted by atomic mass is 35.5. The van der Waals surface area contributed by atoms with Gasteiger partial charge in [-0.3, -0.25) is 24.6 Å². The number of halogens is 1. The Morgan fingerprint density at radius 1 is 1.04 bits per heavy atom. The molecule has 1 atom stereocenters. The number of ether oxygens (including phenoxy) is 1. The summed E-state index contributed by atoms with van der Waals surface area (Å²) in [5.41, 5.74) is 4.77. The lowest BCUT2D eigenvalue weighted by molar-refractivity contribution is -0.125. The molecule has 7 nitrogen and oxygen atoms in total. The molecule has 2 amide bonds. The number of carbonyl (C=O) groups excluding carboxylic acids is 3. The third kappa shape index (κ3) is 5.90. The van der Waals surface area contributed by atoms with Crippen LogP contribution in [0.3, 0.4) is 0 Å². The number of rotatable bonds is 6. The minimum absolute atomic E-state index is 0.135. The van der Waals surface area contributed by atoms with Crippen LogP contribution in [0.5, 0.6) is 0 Å². The summed E-state index contributed by atoms with van der Waals surface area (Å²) in [4.78, 5) is 36.1. The molecule has 2 N–H and O–H groups in total. The summed E-state index contributed by atoms with van der Waals surface area (Å²) in [5.74, 6) is -1.69. The van der Waals surface area contributed by atoms with Gasteiger partial charge in [0.2, 0.25) is 0 Å². The van der Waals surface area contributed by atoms with E-state index in [1.54, 1.807) is 25.1 Å². The Hall–Kier alpha value is -2.71. The highest BCUT2D eigenvalue weighted by Gasteiger charge is 2.17. The predicted molar refractivity (Wildman–Crippen MR) is 101 cm³/mol. The SMILES string of the molecule is CC[S@](=O)c1ccccc1C(=O)OCC(=O)NNC(=O)c1ccc(Cl)cc1. The van der Waals surface area contributed by atoms with Crippen LogP contribution in [0, 0.1) is 0 Å². The van der Waals surface area contributed by atoms with Crippen LogP contribution in [0.1, 0.15) is 27.6 Å². The number of esters is 1. The Kier molecular flexibility index (Phi) is 7.51. The third-order valence-electron chi connectivity index (χ3n) is 3.37. The van der Waals surface area contributed by atoms with E-state index in [2.05, 4.69) is 10.9 Å². The van der Waals surface area contributed by atoms with Crippen LogP contribution in [0.4, 0.5) is 0 Å². The van der Waals surface area contributed by atoms with Crippen molar-refractivity contribution in [3.05, 3.63) is 64.7 Å². The van der Waals surface area contributed by atoms with Gasteiger partial charge in [0, 0.05) is 16.3 Å². The van der Waals surface area contributed by atoms with Crippen molar-refractivity contribution in [1.29, 1.82) is 0 Å². The standard InChI is InChI=1S/C18H17ClN2O5S/c1-2-27(25)15-6-4-3-5-14(15)18(24)26-11-16(22)20-21-17(23)12-7-9-13(19)10-8-12/h3-10H,2,11H2,1H3,(H,20,22)(H,21,23)/t27-/m0/s1. The van der Waals surface area contributed by atoms with Gasteiger partial charge in [-0.2, -0.15) is 0 Å².